The van der Waals surface area contributed by atoms with Gasteiger partial charge in [0, 0.05) is 5.92 Å². The lowest BCUT2D eigenvalue weighted by molar-refractivity contribution is 0.0955. The fourth-order valence-electron chi connectivity index (χ4n) is 2.67. The summed E-state index contributed by atoms with van der Waals surface area (Å²) in [6.45, 7) is 0. The predicted octanol–water partition coefficient (Wildman–Crippen LogP) is 5.47. The van der Waals surface area contributed by atoms with Gasteiger partial charge in [0.1, 0.15) is 0 Å². The molecule has 2 aromatic rings. The van der Waals surface area contributed by atoms with Crippen LogP contribution in [-0.4, -0.2) is 5.78 Å². The normalized spacial score (nSPS) is 18.1. The van der Waals surface area contributed by atoms with E-state index in [-0.39, 0.29) is 11.7 Å². The SMILES string of the molecule is O=C(c1cc(Cl)c(Br)s1)C1CCCc2ccccc21. The minimum absolute atomic E-state index is 0.00781. The van der Waals surface area contributed by atoms with Gasteiger partial charge >= 0.3 is 0 Å². The molecule has 1 heterocycles. The van der Waals surface area contributed by atoms with Gasteiger partial charge in [0.2, 0.25) is 0 Å². The maximum Gasteiger partial charge on any atom is 0.180 e. The smallest absolute Gasteiger partial charge is 0.180 e. The standard InChI is InChI=1S/C15H12BrClOS/c16-15-12(17)8-13(19-15)14(18)11-7-3-5-9-4-1-2-6-10(9)11/h1-2,4,6,8,11H,3,5,7H2. The van der Waals surface area contributed by atoms with Crippen LogP contribution >= 0.6 is 38.9 Å². The third-order valence-corrected chi connectivity index (χ3v) is 6.06. The van der Waals surface area contributed by atoms with E-state index in [0.717, 1.165) is 27.9 Å². The molecule has 3 rings (SSSR count). The molecule has 0 radical (unpaired) electrons. The Morgan fingerprint density at radius 3 is 2.89 bits per heavy atom. The van der Waals surface area contributed by atoms with Crippen molar-refractivity contribution >= 4 is 44.7 Å². The van der Waals surface area contributed by atoms with Crippen LogP contribution in [0.2, 0.25) is 5.02 Å². The Morgan fingerprint density at radius 1 is 1.37 bits per heavy atom. The van der Waals surface area contributed by atoms with E-state index in [1.54, 1.807) is 6.07 Å². The molecule has 1 atom stereocenters. The molecule has 0 spiro atoms. The Bertz CT molecular complexity index is 615. The first kappa shape index (κ1) is 13.3. The molecule has 1 aliphatic rings. The second kappa shape index (κ2) is 5.39. The third-order valence-electron chi connectivity index (χ3n) is 3.57. The van der Waals surface area contributed by atoms with Gasteiger partial charge in [0.15, 0.2) is 5.78 Å². The van der Waals surface area contributed by atoms with Crippen molar-refractivity contribution in [3.63, 3.8) is 0 Å². The highest BCUT2D eigenvalue weighted by Gasteiger charge is 2.28. The second-order valence-electron chi connectivity index (χ2n) is 4.74. The highest BCUT2D eigenvalue weighted by Crippen LogP contribution is 2.38. The topological polar surface area (TPSA) is 17.1 Å². The first-order valence-corrected chi connectivity index (χ1v) is 8.22. The van der Waals surface area contributed by atoms with Gasteiger partial charge in [-0.05, 0) is 52.4 Å². The predicted molar refractivity (Wildman–Crippen MR) is 83.5 cm³/mol. The largest absolute Gasteiger partial charge is 0.293 e. The summed E-state index contributed by atoms with van der Waals surface area (Å²) >= 11 is 10.8. The molecular formula is C15H12BrClOS. The summed E-state index contributed by atoms with van der Waals surface area (Å²) in [6, 6.07) is 10.1. The molecule has 1 aliphatic carbocycles. The molecule has 0 N–H and O–H groups in total. The van der Waals surface area contributed by atoms with Crippen LogP contribution in [0.4, 0.5) is 0 Å². The zero-order valence-electron chi connectivity index (χ0n) is 10.2. The Balaban J connectivity index is 1.97. The molecule has 1 nitrogen and oxygen atoms in total. The minimum atomic E-state index is -0.00781. The maximum atomic E-state index is 12.7. The molecular weight excluding hydrogens is 344 g/mol. The number of benzene rings is 1. The molecule has 0 saturated heterocycles. The van der Waals surface area contributed by atoms with Gasteiger partial charge in [-0.15, -0.1) is 11.3 Å². The lowest BCUT2D eigenvalue weighted by atomic mass is 9.80. The number of aryl methyl sites for hydroxylation is 1. The van der Waals surface area contributed by atoms with Gasteiger partial charge in [0.25, 0.3) is 0 Å². The van der Waals surface area contributed by atoms with Gasteiger partial charge < -0.3 is 0 Å². The zero-order chi connectivity index (χ0) is 13.4. The van der Waals surface area contributed by atoms with Crippen LogP contribution < -0.4 is 0 Å². The Morgan fingerprint density at radius 2 is 2.16 bits per heavy atom. The number of hydrogen-bond donors (Lipinski definition) is 0. The van der Waals surface area contributed by atoms with Gasteiger partial charge in [-0.2, -0.15) is 0 Å². The summed E-state index contributed by atoms with van der Waals surface area (Å²) in [5.41, 5.74) is 2.51. The van der Waals surface area contributed by atoms with E-state index in [9.17, 15) is 4.79 Å². The van der Waals surface area contributed by atoms with Crippen molar-refractivity contribution in [3.05, 3.63) is 55.1 Å². The maximum absolute atomic E-state index is 12.7. The first-order valence-electron chi connectivity index (χ1n) is 6.23. The first-order chi connectivity index (χ1) is 9.16. The summed E-state index contributed by atoms with van der Waals surface area (Å²) in [5, 5.41) is 0.623. The monoisotopic (exact) mass is 354 g/mol. The van der Waals surface area contributed by atoms with E-state index in [1.807, 2.05) is 12.1 Å². The van der Waals surface area contributed by atoms with Crippen molar-refractivity contribution in [2.75, 3.05) is 0 Å². The van der Waals surface area contributed by atoms with Crippen LogP contribution in [0.3, 0.4) is 0 Å². The number of hydrogen-bond acceptors (Lipinski definition) is 2. The van der Waals surface area contributed by atoms with Crippen LogP contribution in [0, 0.1) is 0 Å². The van der Waals surface area contributed by atoms with E-state index >= 15 is 0 Å². The zero-order valence-corrected chi connectivity index (χ0v) is 13.3. The number of carbonyl (C=O) groups is 1. The molecule has 4 heteroatoms. The highest BCUT2D eigenvalue weighted by atomic mass is 79.9. The Labute approximate surface area is 129 Å². The Hall–Kier alpha value is -0.640. The molecule has 1 unspecified atom stereocenters. The Kier molecular flexibility index (Phi) is 3.79. The van der Waals surface area contributed by atoms with Gasteiger partial charge in [-0.3, -0.25) is 4.79 Å². The minimum Gasteiger partial charge on any atom is -0.293 e. The molecule has 1 aromatic carbocycles. The van der Waals surface area contributed by atoms with Crippen molar-refractivity contribution < 1.29 is 4.79 Å². The molecule has 19 heavy (non-hydrogen) atoms. The van der Waals surface area contributed by atoms with Gasteiger partial charge in [0.05, 0.1) is 13.7 Å². The van der Waals surface area contributed by atoms with Crippen LogP contribution in [-0.2, 0) is 6.42 Å². The molecule has 1 aromatic heterocycles. The van der Waals surface area contributed by atoms with E-state index in [1.165, 1.54) is 22.5 Å². The van der Waals surface area contributed by atoms with Crippen LogP contribution in [0.15, 0.2) is 34.1 Å². The third kappa shape index (κ3) is 2.51. The number of Topliss-reactive ketones (excluding diaryl/α,β-unsaturated/α-hetero) is 1. The summed E-state index contributed by atoms with van der Waals surface area (Å²) in [7, 11) is 0. The van der Waals surface area contributed by atoms with Crippen LogP contribution in [0.1, 0.15) is 39.6 Å². The fraction of sp³-hybridized carbons (Fsp3) is 0.267. The summed E-state index contributed by atoms with van der Waals surface area (Å²) < 4.78 is 0.835. The van der Waals surface area contributed by atoms with Gasteiger partial charge in [-0.25, -0.2) is 0 Å². The average Bonchev–Trinajstić information content (AvgIpc) is 2.77. The van der Waals surface area contributed by atoms with E-state index in [2.05, 4.69) is 28.1 Å². The van der Waals surface area contributed by atoms with Crippen molar-refractivity contribution in [1.29, 1.82) is 0 Å². The number of carbonyl (C=O) groups excluding carboxylic acids is 1. The van der Waals surface area contributed by atoms with Crippen molar-refractivity contribution in [2.24, 2.45) is 0 Å². The van der Waals surface area contributed by atoms with Crippen molar-refractivity contribution in [3.8, 4) is 0 Å². The van der Waals surface area contributed by atoms with Crippen LogP contribution in [0.25, 0.3) is 0 Å². The van der Waals surface area contributed by atoms with E-state index in [0.29, 0.717) is 5.02 Å². The van der Waals surface area contributed by atoms with E-state index < -0.39 is 0 Å². The number of fused-ring (bicyclic) bond motifs is 1. The average molecular weight is 356 g/mol. The quantitative estimate of drug-likeness (QED) is 0.653. The van der Waals surface area contributed by atoms with Crippen molar-refractivity contribution in [1.82, 2.24) is 0 Å². The summed E-state index contributed by atoms with van der Waals surface area (Å²) in [5.74, 6) is 0.191. The fourth-order valence-corrected chi connectivity index (χ4v) is 4.36. The lowest BCUT2D eigenvalue weighted by Crippen LogP contribution is -2.17. The molecule has 0 amide bonds. The molecule has 0 fully saturated rings. The van der Waals surface area contributed by atoms with Crippen molar-refractivity contribution in [2.45, 2.75) is 25.2 Å². The number of ketones is 1. The summed E-state index contributed by atoms with van der Waals surface area (Å²) in [4.78, 5) is 13.4. The summed E-state index contributed by atoms with van der Waals surface area (Å²) in [6.07, 6.45) is 3.09. The number of rotatable bonds is 2. The number of thiophene rings is 1. The highest BCUT2D eigenvalue weighted by molar-refractivity contribution is 9.11. The molecule has 0 saturated carbocycles. The second-order valence-corrected chi connectivity index (χ2v) is 7.52. The number of halogens is 2. The molecule has 0 aliphatic heterocycles. The molecule has 98 valence electrons. The van der Waals surface area contributed by atoms with Crippen LogP contribution in [0.5, 0.6) is 0 Å². The molecule has 0 bridgehead atoms. The van der Waals surface area contributed by atoms with E-state index in [4.69, 9.17) is 11.6 Å². The lowest BCUT2D eigenvalue weighted by Gasteiger charge is -2.23. The van der Waals surface area contributed by atoms with Gasteiger partial charge in [-0.1, -0.05) is 35.9 Å².